The molecule has 2 aromatic heterocycles. The molecule has 0 bridgehead atoms. The number of hydrogen-bond acceptors (Lipinski definition) is 6. The van der Waals surface area contributed by atoms with Crippen LogP contribution in [-0.4, -0.2) is 46.5 Å². The highest BCUT2D eigenvalue weighted by molar-refractivity contribution is 7.89. The van der Waals surface area contributed by atoms with E-state index in [1.54, 1.807) is 14.0 Å². The first-order valence-electron chi connectivity index (χ1n) is 8.95. The third-order valence-corrected chi connectivity index (χ3v) is 7.65. The van der Waals surface area contributed by atoms with E-state index in [0.717, 1.165) is 5.69 Å². The van der Waals surface area contributed by atoms with Gasteiger partial charge in [0.1, 0.15) is 4.90 Å². The number of amides is 1. The number of aromatic nitrogens is 3. The Hall–Kier alpha value is -1.78. The van der Waals surface area contributed by atoms with Crippen LogP contribution < -0.4 is 5.32 Å². The molecule has 0 spiro atoms. The molecular formula is C17H25N5O3S2. The van der Waals surface area contributed by atoms with E-state index in [0.29, 0.717) is 36.1 Å². The van der Waals surface area contributed by atoms with Gasteiger partial charge in [-0.2, -0.15) is 9.40 Å². The predicted molar refractivity (Wildman–Crippen MR) is 104 cm³/mol. The molecule has 10 heteroatoms. The summed E-state index contributed by atoms with van der Waals surface area (Å²) >= 11 is 1.39. The van der Waals surface area contributed by atoms with Gasteiger partial charge in [0.25, 0.3) is 0 Å². The van der Waals surface area contributed by atoms with E-state index in [1.165, 1.54) is 26.5 Å². The molecule has 1 saturated heterocycles. The highest BCUT2D eigenvalue weighted by Gasteiger charge is 2.35. The Labute approximate surface area is 163 Å². The number of nitrogens with zero attached hydrogens (tertiary/aromatic N) is 4. The monoisotopic (exact) mass is 411 g/mol. The molecule has 1 aliphatic rings. The molecule has 27 heavy (non-hydrogen) atoms. The lowest BCUT2D eigenvalue weighted by molar-refractivity contribution is -0.120. The van der Waals surface area contributed by atoms with Crippen molar-refractivity contribution in [2.75, 3.05) is 18.4 Å². The van der Waals surface area contributed by atoms with Crippen molar-refractivity contribution in [1.82, 2.24) is 19.1 Å². The van der Waals surface area contributed by atoms with Crippen LogP contribution in [0.1, 0.15) is 44.0 Å². The number of anilines is 1. The molecule has 0 aliphatic carbocycles. The van der Waals surface area contributed by atoms with Crippen LogP contribution in [0.15, 0.2) is 16.5 Å². The summed E-state index contributed by atoms with van der Waals surface area (Å²) in [5, 5.41) is 9.37. The topological polar surface area (TPSA) is 97.2 Å². The van der Waals surface area contributed by atoms with Crippen molar-refractivity contribution in [3.8, 4) is 0 Å². The summed E-state index contributed by atoms with van der Waals surface area (Å²) in [4.78, 5) is 17.3. The summed E-state index contributed by atoms with van der Waals surface area (Å²) in [5.74, 6) is -0.274. The minimum atomic E-state index is -3.66. The maximum absolute atomic E-state index is 13.0. The van der Waals surface area contributed by atoms with Crippen LogP contribution in [0.4, 0.5) is 5.13 Å². The van der Waals surface area contributed by atoms with Crippen molar-refractivity contribution in [2.45, 2.75) is 44.4 Å². The zero-order chi connectivity index (χ0) is 19.8. The highest BCUT2D eigenvalue weighted by atomic mass is 32.2. The molecule has 1 aliphatic heterocycles. The molecule has 0 saturated carbocycles. The normalized spacial score (nSPS) is 18.8. The van der Waals surface area contributed by atoms with E-state index in [4.69, 9.17) is 0 Å². The van der Waals surface area contributed by atoms with Crippen molar-refractivity contribution in [3.63, 3.8) is 0 Å². The summed E-state index contributed by atoms with van der Waals surface area (Å²) in [5.41, 5.74) is 1.53. The van der Waals surface area contributed by atoms with E-state index >= 15 is 0 Å². The van der Waals surface area contributed by atoms with E-state index in [9.17, 15) is 13.2 Å². The summed E-state index contributed by atoms with van der Waals surface area (Å²) in [6.07, 6.45) is 2.68. The zero-order valence-corrected chi connectivity index (χ0v) is 17.6. The van der Waals surface area contributed by atoms with E-state index < -0.39 is 15.9 Å². The number of carbonyl (C=O) groups excluding carboxylic acids is 1. The van der Waals surface area contributed by atoms with Gasteiger partial charge in [0.2, 0.25) is 15.9 Å². The summed E-state index contributed by atoms with van der Waals surface area (Å²) < 4.78 is 28.8. The van der Waals surface area contributed by atoms with Gasteiger partial charge >= 0.3 is 0 Å². The van der Waals surface area contributed by atoms with E-state index in [1.807, 2.05) is 19.2 Å². The Bertz CT molecular complexity index is 932. The van der Waals surface area contributed by atoms with E-state index in [-0.39, 0.29) is 17.3 Å². The summed E-state index contributed by atoms with van der Waals surface area (Å²) in [6, 6.07) is 0. The maximum Gasteiger partial charge on any atom is 0.246 e. The fourth-order valence-corrected chi connectivity index (χ4v) is 5.65. The SMILES string of the molecule is Cc1c(S(=O)(=O)N2CCCC(C(=O)Nc3nc(C(C)C)cs3)C2)cnn1C. The molecule has 3 heterocycles. The van der Waals surface area contributed by atoms with Crippen molar-refractivity contribution < 1.29 is 13.2 Å². The molecule has 1 unspecified atom stereocenters. The summed E-state index contributed by atoms with van der Waals surface area (Å²) in [6.45, 7) is 6.40. The van der Waals surface area contributed by atoms with Gasteiger partial charge in [0.15, 0.2) is 5.13 Å². The molecule has 1 amide bonds. The highest BCUT2D eigenvalue weighted by Crippen LogP contribution is 2.27. The molecular weight excluding hydrogens is 386 g/mol. The molecule has 1 N–H and O–H groups in total. The quantitative estimate of drug-likeness (QED) is 0.814. The lowest BCUT2D eigenvalue weighted by Gasteiger charge is -2.30. The fourth-order valence-electron chi connectivity index (χ4n) is 3.06. The lowest BCUT2D eigenvalue weighted by atomic mass is 9.99. The molecule has 0 aromatic carbocycles. The Morgan fingerprint density at radius 3 is 2.74 bits per heavy atom. The Balaban J connectivity index is 1.71. The Morgan fingerprint density at radius 1 is 1.41 bits per heavy atom. The van der Waals surface area contributed by atoms with Gasteiger partial charge in [-0.15, -0.1) is 11.3 Å². The van der Waals surface area contributed by atoms with Crippen molar-refractivity contribution >= 4 is 32.4 Å². The largest absolute Gasteiger partial charge is 0.302 e. The van der Waals surface area contributed by atoms with Gasteiger partial charge < -0.3 is 5.32 Å². The van der Waals surface area contributed by atoms with Gasteiger partial charge in [0, 0.05) is 25.5 Å². The van der Waals surface area contributed by atoms with Gasteiger partial charge in [-0.1, -0.05) is 13.8 Å². The minimum Gasteiger partial charge on any atom is -0.302 e. The van der Waals surface area contributed by atoms with Gasteiger partial charge in [-0.05, 0) is 25.7 Å². The number of piperidine rings is 1. The van der Waals surface area contributed by atoms with Crippen LogP contribution in [0, 0.1) is 12.8 Å². The first-order valence-corrected chi connectivity index (χ1v) is 11.3. The molecule has 3 rings (SSSR count). The number of rotatable bonds is 5. The standard InChI is InChI=1S/C17H25N5O3S2/c1-11(2)14-10-26-17(19-14)20-16(23)13-6-5-7-22(9-13)27(24,25)15-8-18-21(4)12(15)3/h8,10-11,13H,5-7,9H2,1-4H3,(H,19,20,23). The number of thiazole rings is 1. The molecule has 8 nitrogen and oxygen atoms in total. The van der Waals surface area contributed by atoms with Crippen LogP contribution in [0.5, 0.6) is 0 Å². The van der Waals surface area contributed by atoms with Gasteiger partial charge in [-0.25, -0.2) is 13.4 Å². The van der Waals surface area contributed by atoms with Crippen molar-refractivity contribution in [1.29, 1.82) is 0 Å². The smallest absolute Gasteiger partial charge is 0.246 e. The number of hydrogen-bond donors (Lipinski definition) is 1. The molecule has 1 atom stereocenters. The number of nitrogens with one attached hydrogen (secondary N) is 1. The van der Waals surface area contributed by atoms with Gasteiger partial charge in [0.05, 0.1) is 23.5 Å². The Kier molecular flexibility index (Phi) is 5.68. The average Bonchev–Trinajstić information content (AvgIpc) is 3.23. The first kappa shape index (κ1) is 20.0. The Morgan fingerprint density at radius 2 is 2.15 bits per heavy atom. The molecule has 1 fully saturated rings. The second kappa shape index (κ2) is 7.69. The van der Waals surface area contributed by atoms with Crippen LogP contribution >= 0.6 is 11.3 Å². The van der Waals surface area contributed by atoms with Crippen molar-refractivity contribution in [2.24, 2.45) is 13.0 Å². The van der Waals surface area contributed by atoms with E-state index in [2.05, 4.69) is 15.4 Å². The average molecular weight is 412 g/mol. The second-order valence-electron chi connectivity index (χ2n) is 7.14. The third kappa shape index (κ3) is 4.07. The van der Waals surface area contributed by atoms with Crippen LogP contribution in [-0.2, 0) is 21.9 Å². The number of aryl methyl sites for hydroxylation is 1. The van der Waals surface area contributed by atoms with Crippen LogP contribution in [0.3, 0.4) is 0 Å². The third-order valence-electron chi connectivity index (χ3n) is 4.91. The van der Waals surface area contributed by atoms with Crippen LogP contribution in [0.2, 0.25) is 0 Å². The zero-order valence-electron chi connectivity index (χ0n) is 16.0. The van der Waals surface area contributed by atoms with Crippen LogP contribution in [0.25, 0.3) is 0 Å². The van der Waals surface area contributed by atoms with Gasteiger partial charge in [-0.3, -0.25) is 9.48 Å². The maximum atomic E-state index is 13.0. The number of carbonyl (C=O) groups is 1. The molecule has 148 valence electrons. The van der Waals surface area contributed by atoms with Crippen molar-refractivity contribution in [3.05, 3.63) is 23.0 Å². The number of sulfonamides is 1. The first-order chi connectivity index (χ1) is 12.7. The fraction of sp³-hybridized carbons (Fsp3) is 0.588. The molecule has 0 radical (unpaired) electrons. The molecule has 2 aromatic rings. The summed E-state index contributed by atoms with van der Waals surface area (Å²) in [7, 11) is -1.95. The lowest BCUT2D eigenvalue weighted by Crippen LogP contribution is -2.43. The second-order valence-corrected chi connectivity index (χ2v) is 9.91. The predicted octanol–water partition coefficient (Wildman–Crippen LogP) is 2.35. The minimum absolute atomic E-state index is 0.172.